The molecule has 3 aromatic rings. The number of aromatic nitrogens is 1. The van der Waals surface area contributed by atoms with Crippen LogP contribution in [0.1, 0.15) is 10.4 Å². The minimum atomic E-state index is -0.121. The highest BCUT2D eigenvalue weighted by atomic mass is 16.5. The van der Waals surface area contributed by atoms with Crippen LogP contribution in [-0.2, 0) is 0 Å². The fraction of sp³-hybridized carbons (Fsp3) is 0.111. The third kappa shape index (κ3) is 3.23. The van der Waals surface area contributed by atoms with Gasteiger partial charge in [-0.15, -0.1) is 0 Å². The van der Waals surface area contributed by atoms with Gasteiger partial charge in [0.1, 0.15) is 12.4 Å². The molecule has 22 heavy (non-hydrogen) atoms. The molecule has 3 rings (SSSR count). The Morgan fingerprint density at radius 1 is 1.00 bits per heavy atom. The van der Waals surface area contributed by atoms with Gasteiger partial charge in [-0.2, -0.15) is 0 Å². The molecular weight excluding hydrogens is 276 g/mol. The first-order valence-electron chi connectivity index (χ1n) is 7.13. The zero-order valence-corrected chi connectivity index (χ0v) is 12.0. The number of ether oxygens (including phenoxy) is 1. The van der Waals surface area contributed by atoms with E-state index < -0.39 is 0 Å². The maximum Gasteiger partial charge on any atom is 0.251 e. The maximum atomic E-state index is 11.9. The fourth-order valence-electron chi connectivity index (χ4n) is 2.25. The number of fused-ring (bicyclic) bond motifs is 1. The monoisotopic (exact) mass is 292 g/mol. The zero-order chi connectivity index (χ0) is 15.2. The standard InChI is InChI=1S/C18H16N2O2/c21-18(15-8-10-19-11-9-15)20-12-13-22-17-7-3-5-14-4-1-2-6-16(14)17/h1-11H,12-13H2,(H,20,21). The van der Waals surface area contributed by atoms with Gasteiger partial charge in [0.05, 0.1) is 6.54 Å². The Kier molecular flexibility index (Phi) is 4.30. The number of amides is 1. The highest BCUT2D eigenvalue weighted by molar-refractivity contribution is 5.94. The van der Waals surface area contributed by atoms with Gasteiger partial charge in [0.2, 0.25) is 0 Å². The average Bonchev–Trinajstić information content (AvgIpc) is 2.59. The summed E-state index contributed by atoms with van der Waals surface area (Å²) in [7, 11) is 0. The Morgan fingerprint density at radius 3 is 2.64 bits per heavy atom. The van der Waals surface area contributed by atoms with Gasteiger partial charge in [0.15, 0.2) is 0 Å². The lowest BCUT2D eigenvalue weighted by Gasteiger charge is -2.10. The Balaban J connectivity index is 1.56. The predicted octanol–water partition coefficient (Wildman–Crippen LogP) is 3.04. The van der Waals surface area contributed by atoms with Crippen molar-refractivity contribution < 1.29 is 9.53 Å². The molecule has 1 heterocycles. The predicted molar refractivity (Wildman–Crippen MR) is 86.0 cm³/mol. The number of carbonyl (C=O) groups is 1. The maximum absolute atomic E-state index is 11.9. The van der Waals surface area contributed by atoms with Crippen molar-refractivity contribution in [3.05, 3.63) is 72.6 Å². The lowest BCUT2D eigenvalue weighted by atomic mass is 10.1. The Bertz CT molecular complexity index is 767. The summed E-state index contributed by atoms with van der Waals surface area (Å²) in [4.78, 5) is 15.8. The van der Waals surface area contributed by atoms with E-state index in [0.29, 0.717) is 18.7 Å². The summed E-state index contributed by atoms with van der Waals surface area (Å²) in [6, 6.07) is 17.4. The van der Waals surface area contributed by atoms with Crippen LogP contribution in [0.4, 0.5) is 0 Å². The molecule has 0 aliphatic carbocycles. The number of benzene rings is 2. The first kappa shape index (κ1) is 14.1. The summed E-state index contributed by atoms with van der Waals surface area (Å²) in [5.74, 6) is 0.708. The normalized spacial score (nSPS) is 10.4. The number of hydrogen-bond acceptors (Lipinski definition) is 3. The minimum Gasteiger partial charge on any atom is -0.491 e. The van der Waals surface area contributed by atoms with Crippen LogP contribution in [0.3, 0.4) is 0 Å². The van der Waals surface area contributed by atoms with Crippen LogP contribution >= 0.6 is 0 Å². The van der Waals surface area contributed by atoms with Crippen LogP contribution < -0.4 is 10.1 Å². The summed E-state index contributed by atoms with van der Waals surface area (Å²) in [6.07, 6.45) is 3.20. The first-order chi connectivity index (χ1) is 10.8. The molecule has 1 aromatic heterocycles. The molecule has 0 aliphatic heterocycles. The Morgan fingerprint density at radius 2 is 1.77 bits per heavy atom. The summed E-state index contributed by atoms with van der Waals surface area (Å²) < 4.78 is 5.78. The molecule has 4 nitrogen and oxygen atoms in total. The molecule has 0 unspecified atom stereocenters. The molecule has 0 saturated carbocycles. The van der Waals surface area contributed by atoms with E-state index in [2.05, 4.69) is 10.3 Å². The molecule has 0 aliphatic rings. The molecule has 0 saturated heterocycles. The van der Waals surface area contributed by atoms with Crippen molar-refractivity contribution in [1.82, 2.24) is 10.3 Å². The fourth-order valence-corrected chi connectivity index (χ4v) is 2.25. The van der Waals surface area contributed by atoms with Gasteiger partial charge >= 0.3 is 0 Å². The summed E-state index contributed by atoms with van der Waals surface area (Å²) in [5, 5.41) is 5.04. The SMILES string of the molecule is O=C(NCCOc1cccc2ccccc12)c1ccncc1. The molecule has 4 heteroatoms. The van der Waals surface area contributed by atoms with Crippen molar-refractivity contribution in [3.8, 4) is 5.75 Å². The van der Waals surface area contributed by atoms with E-state index in [0.717, 1.165) is 16.5 Å². The average molecular weight is 292 g/mol. The molecule has 0 radical (unpaired) electrons. The topological polar surface area (TPSA) is 51.2 Å². The molecule has 2 aromatic carbocycles. The van der Waals surface area contributed by atoms with Crippen molar-refractivity contribution in [2.45, 2.75) is 0 Å². The second kappa shape index (κ2) is 6.72. The molecular formula is C18H16N2O2. The molecule has 1 amide bonds. The van der Waals surface area contributed by atoms with Crippen LogP contribution in [0, 0.1) is 0 Å². The highest BCUT2D eigenvalue weighted by Crippen LogP contribution is 2.24. The van der Waals surface area contributed by atoms with E-state index in [1.807, 2.05) is 42.5 Å². The molecule has 0 spiro atoms. The first-order valence-corrected chi connectivity index (χ1v) is 7.13. The lowest BCUT2D eigenvalue weighted by molar-refractivity contribution is 0.0947. The van der Waals surface area contributed by atoms with Gasteiger partial charge in [-0.3, -0.25) is 9.78 Å². The molecule has 0 atom stereocenters. The van der Waals surface area contributed by atoms with E-state index in [-0.39, 0.29) is 5.91 Å². The number of nitrogens with one attached hydrogen (secondary N) is 1. The van der Waals surface area contributed by atoms with Gasteiger partial charge < -0.3 is 10.1 Å². The van der Waals surface area contributed by atoms with Gasteiger partial charge in [0, 0.05) is 23.3 Å². The van der Waals surface area contributed by atoms with Crippen molar-refractivity contribution in [2.24, 2.45) is 0 Å². The number of nitrogens with zero attached hydrogens (tertiary/aromatic N) is 1. The van der Waals surface area contributed by atoms with Crippen LogP contribution in [0.15, 0.2) is 67.0 Å². The second-order valence-electron chi connectivity index (χ2n) is 4.82. The van der Waals surface area contributed by atoms with Gasteiger partial charge in [-0.1, -0.05) is 36.4 Å². The third-order valence-electron chi connectivity index (χ3n) is 3.34. The molecule has 0 fully saturated rings. The van der Waals surface area contributed by atoms with Crippen LogP contribution in [0.2, 0.25) is 0 Å². The Labute approximate surface area is 128 Å². The van der Waals surface area contributed by atoms with E-state index >= 15 is 0 Å². The molecule has 0 bridgehead atoms. The number of rotatable bonds is 5. The van der Waals surface area contributed by atoms with E-state index in [4.69, 9.17) is 4.74 Å². The van der Waals surface area contributed by atoms with Crippen molar-refractivity contribution in [2.75, 3.05) is 13.2 Å². The minimum absolute atomic E-state index is 0.121. The molecule has 110 valence electrons. The van der Waals surface area contributed by atoms with Crippen molar-refractivity contribution >= 4 is 16.7 Å². The van der Waals surface area contributed by atoms with E-state index in [1.165, 1.54) is 0 Å². The van der Waals surface area contributed by atoms with Crippen LogP contribution in [0.5, 0.6) is 5.75 Å². The zero-order valence-electron chi connectivity index (χ0n) is 12.0. The summed E-state index contributed by atoms with van der Waals surface area (Å²) in [6.45, 7) is 0.870. The third-order valence-corrected chi connectivity index (χ3v) is 3.34. The van der Waals surface area contributed by atoms with Gasteiger partial charge in [0.25, 0.3) is 5.91 Å². The lowest BCUT2D eigenvalue weighted by Crippen LogP contribution is -2.28. The summed E-state index contributed by atoms with van der Waals surface area (Å²) >= 11 is 0. The quantitative estimate of drug-likeness (QED) is 0.735. The van der Waals surface area contributed by atoms with E-state index in [9.17, 15) is 4.79 Å². The summed E-state index contributed by atoms with van der Waals surface area (Å²) in [5.41, 5.74) is 0.597. The van der Waals surface area contributed by atoms with Gasteiger partial charge in [-0.25, -0.2) is 0 Å². The van der Waals surface area contributed by atoms with Crippen molar-refractivity contribution in [1.29, 1.82) is 0 Å². The largest absolute Gasteiger partial charge is 0.491 e. The highest BCUT2D eigenvalue weighted by Gasteiger charge is 2.04. The molecule has 1 N–H and O–H groups in total. The second-order valence-corrected chi connectivity index (χ2v) is 4.82. The van der Waals surface area contributed by atoms with Gasteiger partial charge in [-0.05, 0) is 23.6 Å². The number of hydrogen-bond donors (Lipinski definition) is 1. The smallest absolute Gasteiger partial charge is 0.251 e. The van der Waals surface area contributed by atoms with E-state index in [1.54, 1.807) is 24.5 Å². The number of carbonyl (C=O) groups excluding carboxylic acids is 1. The van der Waals surface area contributed by atoms with Crippen LogP contribution in [-0.4, -0.2) is 24.0 Å². The number of pyridine rings is 1. The Hall–Kier alpha value is -2.88. The van der Waals surface area contributed by atoms with Crippen molar-refractivity contribution in [3.63, 3.8) is 0 Å². The van der Waals surface area contributed by atoms with Crippen LogP contribution in [0.25, 0.3) is 10.8 Å².